The Kier molecular flexibility index (Phi) is 1.72. The third-order valence-electron chi connectivity index (χ3n) is 1.36. The summed E-state index contributed by atoms with van der Waals surface area (Å²) in [6.07, 6.45) is 0.270. The van der Waals surface area contributed by atoms with E-state index in [9.17, 15) is 4.39 Å². The highest BCUT2D eigenvalue weighted by Gasteiger charge is 2.01. The van der Waals surface area contributed by atoms with Crippen LogP contribution >= 0.6 is 0 Å². The van der Waals surface area contributed by atoms with Crippen molar-refractivity contribution in [1.82, 2.24) is 4.98 Å². The second-order valence-electron chi connectivity index (χ2n) is 2.10. The highest BCUT2D eigenvalue weighted by atomic mass is 19.1. The highest BCUT2D eigenvalue weighted by Crippen LogP contribution is 2.08. The molecule has 0 aliphatic carbocycles. The predicted octanol–water partition coefficient (Wildman–Crippen LogP) is 1.53. The normalized spacial score (nSPS) is 9.30. The van der Waals surface area contributed by atoms with Crippen LogP contribution in [0, 0.1) is 24.2 Å². The molecule has 0 saturated carbocycles. The number of nitrogens with one attached hydrogen (secondary N) is 1. The van der Waals surface area contributed by atoms with Crippen LogP contribution in [0.3, 0.4) is 0 Å². The fourth-order valence-corrected chi connectivity index (χ4v) is 0.825. The van der Waals surface area contributed by atoms with Gasteiger partial charge in [-0.05, 0) is 18.6 Å². The summed E-state index contributed by atoms with van der Waals surface area (Å²) in [6.45, 7) is 1.75. The Morgan fingerprint density at radius 1 is 1.80 bits per heavy atom. The van der Waals surface area contributed by atoms with Crippen LogP contribution in [0.5, 0.6) is 0 Å². The van der Waals surface area contributed by atoms with Gasteiger partial charge in [-0.25, -0.2) is 0 Å². The van der Waals surface area contributed by atoms with E-state index in [0.717, 1.165) is 11.3 Å². The van der Waals surface area contributed by atoms with Crippen molar-refractivity contribution in [3.63, 3.8) is 0 Å². The van der Waals surface area contributed by atoms with Crippen molar-refractivity contribution in [2.75, 3.05) is 0 Å². The first-order valence-corrected chi connectivity index (χ1v) is 2.95. The van der Waals surface area contributed by atoms with Gasteiger partial charge in [-0.3, -0.25) is 0 Å². The van der Waals surface area contributed by atoms with E-state index in [2.05, 4.69) is 4.98 Å². The maximum absolute atomic E-state index is 12.3. The SMILES string of the molecule is Cc1[nH]c(F)cc1CC#N. The summed E-state index contributed by atoms with van der Waals surface area (Å²) in [6, 6.07) is 3.30. The molecule has 2 nitrogen and oxygen atoms in total. The van der Waals surface area contributed by atoms with Gasteiger partial charge in [-0.1, -0.05) is 0 Å². The quantitative estimate of drug-likeness (QED) is 0.628. The number of nitriles is 1. The van der Waals surface area contributed by atoms with Crippen molar-refractivity contribution in [2.24, 2.45) is 0 Å². The zero-order valence-corrected chi connectivity index (χ0v) is 5.61. The molecule has 0 bridgehead atoms. The van der Waals surface area contributed by atoms with Crippen molar-refractivity contribution in [1.29, 1.82) is 5.26 Å². The minimum absolute atomic E-state index is 0.270. The first kappa shape index (κ1) is 6.81. The molecule has 10 heavy (non-hydrogen) atoms. The van der Waals surface area contributed by atoms with Crippen LogP contribution in [0.4, 0.5) is 4.39 Å². The Balaban J connectivity index is 2.94. The van der Waals surface area contributed by atoms with Crippen LogP contribution in [0.15, 0.2) is 6.07 Å². The van der Waals surface area contributed by atoms with Gasteiger partial charge in [-0.15, -0.1) is 0 Å². The van der Waals surface area contributed by atoms with Gasteiger partial charge in [0, 0.05) is 5.69 Å². The molecular formula is C7H7FN2. The Bertz CT molecular complexity index is 270. The third-order valence-corrected chi connectivity index (χ3v) is 1.36. The van der Waals surface area contributed by atoms with Crippen molar-refractivity contribution in [2.45, 2.75) is 13.3 Å². The molecule has 0 atom stereocenters. The summed E-state index contributed by atoms with van der Waals surface area (Å²) in [5.41, 5.74) is 1.47. The summed E-state index contributed by atoms with van der Waals surface area (Å²) >= 11 is 0. The maximum Gasteiger partial charge on any atom is 0.191 e. The number of nitrogens with zero attached hydrogens (tertiary/aromatic N) is 1. The van der Waals surface area contributed by atoms with Crippen LogP contribution in [0.25, 0.3) is 0 Å². The molecule has 1 aromatic heterocycles. The number of hydrogen-bond donors (Lipinski definition) is 1. The minimum atomic E-state index is -0.372. The summed E-state index contributed by atoms with van der Waals surface area (Å²) < 4.78 is 12.3. The van der Waals surface area contributed by atoms with Gasteiger partial charge >= 0.3 is 0 Å². The molecule has 1 rings (SSSR count). The Labute approximate surface area is 58.3 Å². The van der Waals surface area contributed by atoms with E-state index in [1.54, 1.807) is 6.92 Å². The summed E-state index contributed by atoms with van der Waals surface area (Å²) in [5.74, 6) is -0.372. The lowest BCUT2D eigenvalue weighted by atomic mass is 10.2. The topological polar surface area (TPSA) is 39.6 Å². The van der Waals surface area contributed by atoms with Crippen molar-refractivity contribution in [3.8, 4) is 6.07 Å². The number of aromatic amines is 1. The molecule has 0 aliphatic heterocycles. The van der Waals surface area contributed by atoms with Gasteiger partial charge in [0.15, 0.2) is 5.95 Å². The summed E-state index contributed by atoms with van der Waals surface area (Å²) in [5, 5.41) is 8.27. The van der Waals surface area contributed by atoms with E-state index in [1.165, 1.54) is 6.07 Å². The minimum Gasteiger partial charge on any atom is -0.336 e. The first-order valence-electron chi connectivity index (χ1n) is 2.95. The Hall–Kier alpha value is -1.30. The standard InChI is InChI=1S/C7H7FN2/c1-5-6(2-3-9)4-7(8)10-5/h4,10H,2H2,1H3. The molecule has 1 heterocycles. The van der Waals surface area contributed by atoms with Gasteiger partial charge in [0.25, 0.3) is 0 Å². The van der Waals surface area contributed by atoms with E-state index >= 15 is 0 Å². The van der Waals surface area contributed by atoms with Crippen LogP contribution in [0.2, 0.25) is 0 Å². The molecular weight excluding hydrogens is 131 g/mol. The molecule has 1 N–H and O–H groups in total. The van der Waals surface area contributed by atoms with Gasteiger partial charge in [0.1, 0.15) is 0 Å². The van der Waals surface area contributed by atoms with Gasteiger partial charge in [0.05, 0.1) is 12.5 Å². The van der Waals surface area contributed by atoms with Crippen molar-refractivity contribution >= 4 is 0 Å². The van der Waals surface area contributed by atoms with E-state index in [1.807, 2.05) is 6.07 Å². The van der Waals surface area contributed by atoms with Crippen molar-refractivity contribution < 1.29 is 4.39 Å². The van der Waals surface area contributed by atoms with Crippen molar-refractivity contribution in [3.05, 3.63) is 23.3 Å². The maximum atomic E-state index is 12.3. The molecule has 0 saturated heterocycles. The molecule has 3 heteroatoms. The van der Waals surface area contributed by atoms with Crippen LogP contribution < -0.4 is 0 Å². The Morgan fingerprint density at radius 3 is 2.90 bits per heavy atom. The van der Waals surface area contributed by atoms with E-state index in [-0.39, 0.29) is 12.4 Å². The molecule has 0 aliphatic rings. The van der Waals surface area contributed by atoms with Gasteiger partial charge in [-0.2, -0.15) is 9.65 Å². The second-order valence-corrected chi connectivity index (χ2v) is 2.10. The number of aromatic nitrogens is 1. The van der Waals surface area contributed by atoms with E-state index < -0.39 is 0 Å². The zero-order chi connectivity index (χ0) is 7.56. The van der Waals surface area contributed by atoms with Crippen LogP contribution in [0.1, 0.15) is 11.3 Å². The molecule has 1 aromatic rings. The number of halogens is 1. The average Bonchev–Trinajstić information content (AvgIpc) is 2.13. The van der Waals surface area contributed by atoms with E-state index in [0.29, 0.717) is 0 Å². The smallest absolute Gasteiger partial charge is 0.191 e. The predicted molar refractivity (Wildman–Crippen MR) is 34.8 cm³/mol. The lowest BCUT2D eigenvalue weighted by Crippen LogP contribution is -1.80. The van der Waals surface area contributed by atoms with E-state index in [4.69, 9.17) is 5.26 Å². The Morgan fingerprint density at radius 2 is 2.50 bits per heavy atom. The molecule has 0 fully saturated rings. The lowest BCUT2D eigenvalue weighted by Gasteiger charge is -1.86. The number of H-pyrrole nitrogens is 1. The average molecular weight is 138 g/mol. The number of rotatable bonds is 1. The second kappa shape index (κ2) is 2.53. The number of hydrogen-bond acceptors (Lipinski definition) is 1. The monoisotopic (exact) mass is 138 g/mol. The van der Waals surface area contributed by atoms with Crippen LogP contribution in [-0.2, 0) is 6.42 Å². The molecule has 52 valence electrons. The molecule has 0 unspecified atom stereocenters. The first-order chi connectivity index (χ1) is 4.74. The highest BCUT2D eigenvalue weighted by molar-refractivity contribution is 5.22. The molecule has 0 amide bonds. The summed E-state index contributed by atoms with van der Waals surface area (Å²) in [7, 11) is 0. The van der Waals surface area contributed by atoms with Gasteiger partial charge in [0.2, 0.25) is 0 Å². The molecule has 0 aromatic carbocycles. The zero-order valence-electron chi connectivity index (χ0n) is 5.61. The fraction of sp³-hybridized carbons (Fsp3) is 0.286. The lowest BCUT2D eigenvalue weighted by molar-refractivity contribution is 0.589. The third kappa shape index (κ3) is 1.16. The largest absolute Gasteiger partial charge is 0.336 e. The molecule has 0 spiro atoms. The number of aryl methyl sites for hydroxylation is 1. The van der Waals surface area contributed by atoms with Gasteiger partial charge < -0.3 is 4.98 Å². The van der Waals surface area contributed by atoms with Crippen LogP contribution in [-0.4, -0.2) is 4.98 Å². The summed E-state index contributed by atoms with van der Waals surface area (Å²) in [4.78, 5) is 2.47. The molecule has 0 radical (unpaired) electrons. The fourth-order valence-electron chi connectivity index (χ4n) is 0.825.